The summed E-state index contributed by atoms with van der Waals surface area (Å²) in [5, 5.41) is 6.02. The van der Waals surface area contributed by atoms with Gasteiger partial charge >= 0.3 is 6.09 Å². The summed E-state index contributed by atoms with van der Waals surface area (Å²) in [4.78, 5) is 32.3. The number of ether oxygens (including phenoxy) is 1. The number of benzene rings is 1. The molecule has 0 bridgehead atoms. The van der Waals surface area contributed by atoms with Crippen molar-refractivity contribution in [2.75, 3.05) is 13.1 Å². The maximum Gasteiger partial charge on any atom is 0.408 e. The van der Waals surface area contributed by atoms with E-state index in [1.165, 1.54) is 30.3 Å². The van der Waals surface area contributed by atoms with Crippen molar-refractivity contribution in [1.29, 1.82) is 0 Å². The summed E-state index contributed by atoms with van der Waals surface area (Å²) in [6, 6.07) is 6.16. The van der Waals surface area contributed by atoms with E-state index in [0.29, 0.717) is 5.17 Å². The molecule has 2 N–H and O–H groups in total. The molecular formula is C23H33FN4O3S. The maximum atomic E-state index is 13.5. The van der Waals surface area contributed by atoms with E-state index >= 15 is 0 Å². The Labute approximate surface area is 193 Å². The third-order valence-electron chi connectivity index (χ3n) is 5.32. The van der Waals surface area contributed by atoms with Gasteiger partial charge in [0.25, 0.3) is 5.91 Å². The van der Waals surface area contributed by atoms with E-state index < -0.39 is 17.2 Å². The van der Waals surface area contributed by atoms with Crippen molar-refractivity contribution in [2.45, 2.75) is 76.4 Å². The summed E-state index contributed by atoms with van der Waals surface area (Å²) in [5.41, 5.74) is -0.948. The van der Waals surface area contributed by atoms with Crippen LogP contribution in [0, 0.1) is 5.82 Å². The molecule has 0 spiro atoms. The first-order valence-corrected chi connectivity index (χ1v) is 11.9. The molecule has 2 amide bonds. The summed E-state index contributed by atoms with van der Waals surface area (Å²) < 4.78 is 18.7. The van der Waals surface area contributed by atoms with Crippen molar-refractivity contribution in [3.05, 3.63) is 35.6 Å². The number of carbonyl (C=O) groups is 2. The second-order valence-corrected chi connectivity index (χ2v) is 10.8. The smallest absolute Gasteiger partial charge is 0.408 e. The molecule has 2 atom stereocenters. The van der Waals surface area contributed by atoms with Gasteiger partial charge in [-0.15, -0.1) is 0 Å². The molecule has 2 aliphatic heterocycles. The minimum atomic E-state index is -1.19. The lowest BCUT2D eigenvalue weighted by molar-refractivity contribution is -0.124. The maximum absolute atomic E-state index is 13.5. The van der Waals surface area contributed by atoms with Gasteiger partial charge in [0.1, 0.15) is 23.0 Å². The van der Waals surface area contributed by atoms with Crippen molar-refractivity contribution >= 4 is 28.9 Å². The normalized spacial score (nSPS) is 22.2. The fourth-order valence-corrected chi connectivity index (χ4v) is 4.94. The van der Waals surface area contributed by atoms with Crippen LogP contribution in [0.3, 0.4) is 0 Å². The molecule has 1 saturated heterocycles. The van der Waals surface area contributed by atoms with Gasteiger partial charge in [-0.05, 0) is 78.2 Å². The number of halogens is 1. The fraction of sp³-hybridized carbons (Fsp3) is 0.609. The molecule has 1 fully saturated rings. The summed E-state index contributed by atoms with van der Waals surface area (Å²) in [6.07, 6.45) is 2.81. The Hall–Kier alpha value is -2.13. The minimum absolute atomic E-state index is 0.0259. The Morgan fingerprint density at radius 3 is 2.31 bits per heavy atom. The van der Waals surface area contributed by atoms with Crippen LogP contribution in [0.15, 0.2) is 29.3 Å². The van der Waals surface area contributed by atoms with Gasteiger partial charge in [0, 0.05) is 0 Å². The van der Waals surface area contributed by atoms with Crippen molar-refractivity contribution in [3.8, 4) is 0 Å². The molecule has 0 saturated carbocycles. The molecule has 7 nitrogen and oxygen atoms in total. The second-order valence-electron chi connectivity index (χ2n) is 9.74. The Morgan fingerprint density at radius 1 is 1.09 bits per heavy atom. The number of aliphatic imine (C=N–C) groups is 1. The number of amides is 2. The Bertz CT molecular complexity index is 861. The summed E-state index contributed by atoms with van der Waals surface area (Å²) in [5.74, 6) is -0.673. The van der Waals surface area contributed by atoms with Crippen molar-refractivity contribution in [2.24, 2.45) is 4.99 Å². The van der Waals surface area contributed by atoms with Crippen LogP contribution in [0.4, 0.5) is 9.18 Å². The largest absolute Gasteiger partial charge is 0.444 e. The van der Waals surface area contributed by atoms with Crippen LogP contribution in [0.1, 0.15) is 65.5 Å². The van der Waals surface area contributed by atoms with Crippen LogP contribution in [0.2, 0.25) is 0 Å². The Kier molecular flexibility index (Phi) is 7.50. The number of piperidine rings is 1. The first kappa shape index (κ1) is 24.5. The third-order valence-corrected chi connectivity index (χ3v) is 6.55. The Balaban J connectivity index is 1.73. The second kappa shape index (κ2) is 9.79. The lowest BCUT2D eigenvalue weighted by Crippen LogP contribution is -2.56. The Morgan fingerprint density at radius 2 is 1.72 bits per heavy atom. The van der Waals surface area contributed by atoms with Crippen molar-refractivity contribution < 1.29 is 18.7 Å². The molecule has 9 heteroatoms. The summed E-state index contributed by atoms with van der Waals surface area (Å²) in [6.45, 7) is 10.5. The number of hydrogen-bond donors (Lipinski definition) is 2. The zero-order valence-electron chi connectivity index (χ0n) is 19.4. The van der Waals surface area contributed by atoms with Crippen LogP contribution < -0.4 is 10.6 Å². The van der Waals surface area contributed by atoms with E-state index in [9.17, 15) is 14.0 Å². The summed E-state index contributed by atoms with van der Waals surface area (Å²) >= 11 is 1.50. The zero-order valence-corrected chi connectivity index (χ0v) is 20.2. The van der Waals surface area contributed by atoms with Gasteiger partial charge in [-0.25, -0.2) is 9.18 Å². The first-order chi connectivity index (χ1) is 14.9. The lowest BCUT2D eigenvalue weighted by Gasteiger charge is -2.34. The van der Waals surface area contributed by atoms with Gasteiger partial charge < -0.3 is 15.4 Å². The molecule has 3 rings (SSSR count). The topological polar surface area (TPSA) is 83.0 Å². The van der Waals surface area contributed by atoms with Gasteiger partial charge in [0.05, 0.1) is 5.37 Å². The number of alkyl carbamates (subject to hydrolysis) is 1. The van der Waals surface area contributed by atoms with Gasteiger partial charge in [0.2, 0.25) is 0 Å². The molecule has 1 aromatic carbocycles. The van der Waals surface area contributed by atoms with Crippen LogP contribution in [-0.2, 0) is 9.53 Å². The number of amidine groups is 1. The van der Waals surface area contributed by atoms with E-state index in [1.54, 1.807) is 46.8 Å². The first-order valence-electron chi connectivity index (χ1n) is 11.0. The summed E-state index contributed by atoms with van der Waals surface area (Å²) in [7, 11) is 0. The van der Waals surface area contributed by atoms with Gasteiger partial charge in [-0.1, -0.05) is 30.3 Å². The zero-order chi connectivity index (χ0) is 23.5. The molecule has 32 heavy (non-hydrogen) atoms. The number of likely N-dealkylation sites (tertiary alicyclic amines) is 1. The number of nitrogens with zero attached hydrogens (tertiary/aromatic N) is 2. The predicted molar refractivity (Wildman–Crippen MR) is 125 cm³/mol. The number of rotatable bonds is 4. The van der Waals surface area contributed by atoms with Crippen LogP contribution in [0.25, 0.3) is 0 Å². The average Bonchev–Trinajstić information content (AvgIpc) is 3.11. The predicted octanol–water partition coefficient (Wildman–Crippen LogP) is 4.20. The van der Waals surface area contributed by atoms with E-state index in [1.807, 2.05) is 0 Å². The fourth-order valence-electron chi connectivity index (χ4n) is 3.68. The molecular weight excluding hydrogens is 431 g/mol. The van der Waals surface area contributed by atoms with Crippen molar-refractivity contribution in [3.63, 3.8) is 0 Å². The molecule has 2 unspecified atom stereocenters. The molecule has 2 heterocycles. The number of nitrogens with one attached hydrogen (secondary N) is 2. The highest BCUT2D eigenvalue weighted by atomic mass is 32.2. The molecule has 0 aliphatic carbocycles. The molecule has 176 valence electrons. The van der Waals surface area contributed by atoms with E-state index in [2.05, 4.69) is 15.5 Å². The van der Waals surface area contributed by atoms with E-state index in [0.717, 1.165) is 31.5 Å². The van der Waals surface area contributed by atoms with Crippen LogP contribution in [0.5, 0.6) is 0 Å². The third kappa shape index (κ3) is 6.45. The number of carbonyl (C=O) groups excluding carboxylic acids is 2. The van der Waals surface area contributed by atoms with Crippen LogP contribution >= 0.6 is 11.8 Å². The molecule has 1 aromatic rings. The standard InChI is InChI=1S/C23H33FN4O3S/c1-22(2,3)31-21(30)27-23(4,5)19(29)26-20-25-17(15-9-11-16(24)12-10-15)18(32-20)28-13-7-6-8-14-28/h9-12,17-18H,6-8,13-14H2,1-5H3,(H,27,30)(H,25,26,29). The average molecular weight is 465 g/mol. The molecule has 2 aliphatic rings. The quantitative estimate of drug-likeness (QED) is 0.698. The van der Waals surface area contributed by atoms with Gasteiger partial charge in [0.15, 0.2) is 5.17 Å². The highest BCUT2D eigenvalue weighted by Gasteiger charge is 2.39. The SMILES string of the molecule is CC(C)(C)OC(=O)NC(C)(C)C(=O)NC1=NC(c2ccc(F)cc2)C(N2CCCCC2)S1. The van der Waals surface area contributed by atoms with Crippen molar-refractivity contribution in [1.82, 2.24) is 15.5 Å². The minimum Gasteiger partial charge on any atom is -0.444 e. The highest BCUT2D eigenvalue weighted by Crippen LogP contribution is 2.40. The lowest BCUT2D eigenvalue weighted by atomic mass is 10.0. The molecule has 0 aromatic heterocycles. The van der Waals surface area contributed by atoms with Gasteiger partial charge in [-0.3, -0.25) is 14.7 Å². The molecule has 0 radical (unpaired) electrons. The van der Waals surface area contributed by atoms with Gasteiger partial charge in [-0.2, -0.15) is 0 Å². The highest BCUT2D eigenvalue weighted by molar-refractivity contribution is 8.14. The van der Waals surface area contributed by atoms with Crippen LogP contribution in [-0.4, -0.2) is 51.7 Å². The van der Waals surface area contributed by atoms with E-state index in [4.69, 9.17) is 9.73 Å². The number of thioether (sulfide) groups is 1. The van der Waals surface area contributed by atoms with E-state index in [-0.39, 0.29) is 23.1 Å². The number of hydrogen-bond acceptors (Lipinski definition) is 6. The monoisotopic (exact) mass is 464 g/mol.